The summed E-state index contributed by atoms with van der Waals surface area (Å²) in [5, 5.41) is 3.62. The molecule has 1 aromatic heterocycles. The maximum absolute atomic E-state index is 13.6. The molecule has 0 spiro atoms. The van der Waals surface area contributed by atoms with Crippen molar-refractivity contribution < 1.29 is 13.9 Å². The van der Waals surface area contributed by atoms with Gasteiger partial charge in [-0.15, -0.1) is 11.3 Å². The summed E-state index contributed by atoms with van der Waals surface area (Å²) in [5.74, 6) is -0.265. The molecule has 0 aliphatic carbocycles. The van der Waals surface area contributed by atoms with Crippen LogP contribution in [-0.4, -0.2) is 13.0 Å². The molecule has 0 radical (unpaired) electrons. The van der Waals surface area contributed by atoms with Crippen molar-refractivity contribution >= 4 is 44.6 Å². The number of halogens is 2. The SMILES string of the molecule is COc1ccc2sc(C(=O)Nc3ccccc3F)c(Cl)c2c1. The normalized spacial score (nSPS) is 10.7. The Morgan fingerprint density at radius 2 is 2.05 bits per heavy atom. The van der Waals surface area contributed by atoms with Crippen molar-refractivity contribution in [2.75, 3.05) is 12.4 Å². The molecule has 0 fully saturated rings. The quantitative estimate of drug-likeness (QED) is 0.735. The fraction of sp³-hybridized carbons (Fsp3) is 0.0625. The van der Waals surface area contributed by atoms with Crippen molar-refractivity contribution in [2.45, 2.75) is 0 Å². The first kappa shape index (κ1) is 14.8. The van der Waals surface area contributed by atoms with E-state index in [-0.39, 0.29) is 5.69 Å². The van der Waals surface area contributed by atoms with Crippen LogP contribution < -0.4 is 10.1 Å². The standard InChI is InChI=1S/C16H11ClFNO2S/c1-21-9-6-7-13-10(8-9)14(17)15(22-13)16(20)19-12-5-3-2-4-11(12)18/h2-8H,1H3,(H,19,20). The number of methoxy groups -OCH3 is 1. The Balaban J connectivity index is 1.97. The molecule has 0 saturated carbocycles. The molecule has 6 heteroatoms. The Bertz CT molecular complexity index is 862. The average Bonchev–Trinajstić information content (AvgIpc) is 2.86. The Morgan fingerprint density at radius 3 is 2.77 bits per heavy atom. The monoisotopic (exact) mass is 335 g/mol. The van der Waals surface area contributed by atoms with E-state index in [2.05, 4.69) is 5.32 Å². The number of rotatable bonds is 3. The lowest BCUT2D eigenvalue weighted by Crippen LogP contribution is -2.11. The summed E-state index contributed by atoms with van der Waals surface area (Å²) in [6, 6.07) is 11.4. The van der Waals surface area contributed by atoms with Gasteiger partial charge in [-0.25, -0.2) is 4.39 Å². The van der Waals surface area contributed by atoms with Gasteiger partial charge in [-0.1, -0.05) is 23.7 Å². The zero-order valence-electron chi connectivity index (χ0n) is 11.5. The Hall–Kier alpha value is -2.11. The van der Waals surface area contributed by atoms with E-state index in [0.29, 0.717) is 15.6 Å². The number of fused-ring (bicyclic) bond motifs is 1. The summed E-state index contributed by atoms with van der Waals surface area (Å²) < 4.78 is 19.6. The Kier molecular flexibility index (Phi) is 4.00. The molecule has 0 unspecified atom stereocenters. The predicted molar refractivity (Wildman–Crippen MR) is 87.7 cm³/mol. The highest BCUT2D eigenvalue weighted by atomic mass is 35.5. The molecule has 112 valence electrons. The number of carbonyl (C=O) groups excluding carboxylic acids is 1. The molecule has 2 aromatic carbocycles. The highest BCUT2D eigenvalue weighted by Gasteiger charge is 2.18. The molecule has 0 bridgehead atoms. The van der Waals surface area contributed by atoms with Crippen LogP contribution in [0, 0.1) is 5.82 Å². The van der Waals surface area contributed by atoms with Crippen LogP contribution in [0.3, 0.4) is 0 Å². The molecule has 0 aliphatic heterocycles. The molecule has 0 atom stereocenters. The van der Waals surface area contributed by atoms with Gasteiger partial charge >= 0.3 is 0 Å². The zero-order valence-corrected chi connectivity index (χ0v) is 13.1. The van der Waals surface area contributed by atoms with Crippen molar-refractivity contribution in [1.82, 2.24) is 0 Å². The van der Waals surface area contributed by atoms with Crippen LogP contribution in [0.4, 0.5) is 10.1 Å². The molecule has 1 amide bonds. The van der Waals surface area contributed by atoms with Gasteiger partial charge in [-0.3, -0.25) is 4.79 Å². The molecule has 3 nitrogen and oxygen atoms in total. The van der Waals surface area contributed by atoms with E-state index in [1.54, 1.807) is 31.4 Å². The van der Waals surface area contributed by atoms with Gasteiger partial charge in [-0.2, -0.15) is 0 Å². The first-order chi connectivity index (χ1) is 10.6. The maximum atomic E-state index is 13.6. The van der Waals surface area contributed by atoms with Gasteiger partial charge in [-0.05, 0) is 30.3 Å². The molecule has 22 heavy (non-hydrogen) atoms. The number of carbonyl (C=O) groups is 1. The van der Waals surface area contributed by atoms with Crippen LogP contribution in [0.5, 0.6) is 5.75 Å². The number of ether oxygens (including phenoxy) is 1. The number of para-hydroxylation sites is 1. The van der Waals surface area contributed by atoms with Crippen LogP contribution >= 0.6 is 22.9 Å². The Morgan fingerprint density at radius 1 is 1.27 bits per heavy atom. The van der Waals surface area contributed by atoms with Crippen LogP contribution in [-0.2, 0) is 0 Å². The number of amides is 1. The third-order valence-electron chi connectivity index (χ3n) is 3.16. The second-order valence-corrected chi connectivity index (χ2v) is 5.97. The third-order valence-corrected chi connectivity index (χ3v) is 4.84. The van der Waals surface area contributed by atoms with Crippen molar-refractivity contribution in [3.05, 3.63) is 58.2 Å². The summed E-state index contributed by atoms with van der Waals surface area (Å²) in [5.41, 5.74) is 0.124. The first-order valence-corrected chi connectivity index (χ1v) is 7.61. The lowest BCUT2D eigenvalue weighted by Gasteiger charge is -2.04. The lowest BCUT2D eigenvalue weighted by atomic mass is 10.2. The molecule has 1 heterocycles. The average molecular weight is 336 g/mol. The van der Waals surface area contributed by atoms with Crippen LogP contribution in [0.25, 0.3) is 10.1 Å². The van der Waals surface area contributed by atoms with E-state index in [1.807, 2.05) is 6.07 Å². The number of nitrogens with one attached hydrogen (secondary N) is 1. The molecule has 3 rings (SSSR count). The van der Waals surface area contributed by atoms with Crippen molar-refractivity contribution in [1.29, 1.82) is 0 Å². The number of hydrogen-bond donors (Lipinski definition) is 1. The van der Waals surface area contributed by atoms with Crippen molar-refractivity contribution in [3.8, 4) is 5.75 Å². The van der Waals surface area contributed by atoms with E-state index in [0.717, 1.165) is 10.1 Å². The number of benzene rings is 2. The fourth-order valence-corrected chi connectivity index (χ4v) is 3.45. The maximum Gasteiger partial charge on any atom is 0.267 e. The van der Waals surface area contributed by atoms with Gasteiger partial charge in [0.05, 0.1) is 17.8 Å². The number of hydrogen-bond acceptors (Lipinski definition) is 3. The summed E-state index contributed by atoms with van der Waals surface area (Å²) in [4.78, 5) is 12.7. The predicted octanol–water partition coefficient (Wildman–Crippen LogP) is 4.95. The highest BCUT2D eigenvalue weighted by Crippen LogP contribution is 2.37. The third kappa shape index (κ3) is 2.65. The number of thiophene rings is 1. The molecule has 1 N–H and O–H groups in total. The highest BCUT2D eigenvalue weighted by molar-refractivity contribution is 7.21. The van der Waals surface area contributed by atoms with Gasteiger partial charge in [0, 0.05) is 10.1 Å². The molecule has 0 aliphatic rings. The topological polar surface area (TPSA) is 38.3 Å². The van der Waals surface area contributed by atoms with Crippen LogP contribution in [0.1, 0.15) is 9.67 Å². The van der Waals surface area contributed by atoms with E-state index in [9.17, 15) is 9.18 Å². The molecular formula is C16H11ClFNO2S. The smallest absolute Gasteiger partial charge is 0.267 e. The van der Waals surface area contributed by atoms with Crippen LogP contribution in [0.15, 0.2) is 42.5 Å². The van der Waals surface area contributed by atoms with Crippen molar-refractivity contribution in [2.24, 2.45) is 0 Å². The molecular weight excluding hydrogens is 325 g/mol. The van der Waals surface area contributed by atoms with E-state index < -0.39 is 11.7 Å². The van der Waals surface area contributed by atoms with Gasteiger partial charge < -0.3 is 10.1 Å². The number of anilines is 1. The summed E-state index contributed by atoms with van der Waals surface area (Å²) in [6.07, 6.45) is 0. The molecule has 3 aromatic rings. The fourth-order valence-electron chi connectivity index (χ4n) is 2.06. The second kappa shape index (κ2) is 5.94. The van der Waals surface area contributed by atoms with Crippen molar-refractivity contribution in [3.63, 3.8) is 0 Å². The minimum atomic E-state index is -0.491. The molecule has 0 saturated heterocycles. The Labute approximate surface area is 135 Å². The van der Waals surface area contributed by atoms with E-state index in [1.165, 1.54) is 23.5 Å². The first-order valence-electron chi connectivity index (χ1n) is 6.42. The van der Waals surface area contributed by atoms with E-state index >= 15 is 0 Å². The van der Waals surface area contributed by atoms with Crippen LogP contribution in [0.2, 0.25) is 5.02 Å². The minimum Gasteiger partial charge on any atom is -0.497 e. The van der Waals surface area contributed by atoms with Gasteiger partial charge in [0.15, 0.2) is 0 Å². The van der Waals surface area contributed by atoms with Gasteiger partial charge in [0.1, 0.15) is 16.4 Å². The lowest BCUT2D eigenvalue weighted by molar-refractivity contribution is 0.103. The van der Waals surface area contributed by atoms with Gasteiger partial charge in [0.25, 0.3) is 5.91 Å². The largest absolute Gasteiger partial charge is 0.497 e. The second-order valence-electron chi connectivity index (χ2n) is 4.54. The summed E-state index contributed by atoms with van der Waals surface area (Å²) >= 11 is 7.54. The minimum absolute atomic E-state index is 0.124. The van der Waals surface area contributed by atoms with Gasteiger partial charge in [0.2, 0.25) is 0 Å². The summed E-state index contributed by atoms with van der Waals surface area (Å²) in [7, 11) is 1.56. The summed E-state index contributed by atoms with van der Waals surface area (Å²) in [6.45, 7) is 0. The zero-order chi connectivity index (χ0) is 15.7. The van der Waals surface area contributed by atoms with E-state index in [4.69, 9.17) is 16.3 Å².